The molecule has 122 valence electrons. The van der Waals surface area contributed by atoms with Gasteiger partial charge in [0.25, 0.3) is 0 Å². The Labute approximate surface area is 142 Å². The van der Waals surface area contributed by atoms with E-state index in [2.05, 4.69) is 6.07 Å². The number of rotatable bonds is 3. The Balaban J connectivity index is 1.60. The van der Waals surface area contributed by atoms with E-state index in [1.807, 2.05) is 30.3 Å². The fourth-order valence-corrected chi connectivity index (χ4v) is 5.61. The Morgan fingerprint density at radius 1 is 1.04 bits per heavy atom. The van der Waals surface area contributed by atoms with Crippen LogP contribution in [-0.2, 0) is 10.0 Å². The summed E-state index contributed by atoms with van der Waals surface area (Å²) in [6.45, 7) is 0.666. The van der Waals surface area contributed by atoms with Crippen LogP contribution in [0.15, 0.2) is 53.4 Å². The van der Waals surface area contributed by atoms with Crippen molar-refractivity contribution in [3.8, 4) is 17.2 Å². The van der Waals surface area contributed by atoms with E-state index in [1.54, 1.807) is 22.5 Å². The molecule has 0 bridgehead atoms. The molecule has 0 aromatic heterocycles. The normalized spacial score (nSPS) is 23.3. The summed E-state index contributed by atoms with van der Waals surface area (Å²) in [5.41, 5.74) is 2.42. The largest absolute Gasteiger partial charge is 0.243 e. The van der Waals surface area contributed by atoms with Gasteiger partial charge in [-0.05, 0) is 54.2 Å². The van der Waals surface area contributed by atoms with Gasteiger partial charge in [-0.15, -0.1) is 0 Å². The van der Waals surface area contributed by atoms with E-state index in [9.17, 15) is 8.42 Å². The second-order valence-corrected chi connectivity index (χ2v) is 8.44. The lowest BCUT2D eigenvalue weighted by molar-refractivity contribution is 0.131. The van der Waals surface area contributed by atoms with Crippen molar-refractivity contribution < 1.29 is 8.42 Å². The number of nitriles is 1. The van der Waals surface area contributed by atoms with Gasteiger partial charge < -0.3 is 0 Å². The van der Waals surface area contributed by atoms with E-state index < -0.39 is 10.0 Å². The van der Waals surface area contributed by atoms with Crippen molar-refractivity contribution in [2.24, 2.45) is 5.92 Å². The molecule has 1 saturated carbocycles. The van der Waals surface area contributed by atoms with Crippen molar-refractivity contribution in [1.29, 1.82) is 5.26 Å². The zero-order valence-corrected chi connectivity index (χ0v) is 14.0. The zero-order chi connectivity index (χ0) is 16.7. The standard InChI is InChI=1S/C19H18N2O2S/c20-12-14-3-1-4-16(11-14)15-7-9-18(10-8-15)24(22,23)21-13-17-5-2-6-19(17)21/h1,3-4,7-11,17,19H,2,5-6,13H2/t17-,19-/m0/s1. The summed E-state index contributed by atoms with van der Waals surface area (Å²) in [4.78, 5) is 0.355. The lowest BCUT2D eigenvalue weighted by atomic mass is 9.96. The second kappa shape index (κ2) is 5.73. The van der Waals surface area contributed by atoms with Gasteiger partial charge in [-0.2, -0.15) is 9.57 Å². The molecule has 1 saturated heterocycles. The number of benzene rings is 2. The fraction of sp³-hybridized carbons (Fsp3) is 0.316. The average Bonchev–Trinajstić information content (AvgIpc) is 2.95. The molecule has 4 nitrogen and oxygen atoms in total. The van der Waals surface area contributed by atoms with Gasteiger partial charge in [-0.3, -0.25) is 0 Å². The van der Waals surface area contributed by atoms with E-state index in [4.69, 9.17) is 5.26 Å². The molecular weight excluding hydrogens is 320 g/mol. The maximum atomic E-state index is 12.8. The SMILES string of the molecule is N#Cc1cccc(-c2ccc(S(=O)(=O)N3C[C@@H]4CCC[C@@H]43)cc2)c1. The van der Waals surface area contributed by atoms with Crippen molar-refractivity contribution in [1.82, 2.24) is 4.31 Å². The summed E-state index contributed by atoms with van der Waals surface area (Å²) in [6.07, 6.45) is 3.28. The van der Waals surface area contributed by atoms with Crippen molar-refractivity contribution in [2.45, 2.75) is 30.2 Å². The maximum Gasteiger partial charge on any atom is 0.243 e. The predicted octanol–water partition coefficient (Wildman–Crippen LogP) is 3.40. The Morgan fingerprint density at radius 2 is 1.83 bits per heavy atom. The van der Waals surface area contributed by atoms with Crippen molar-refractivity contribution in [3.63, 3.8) is 0 Å². The highest BCUT2D eigenvalue weighted by Crippen LogP contribution is 2.42. The Kier molecular flexibility index (Phi) is 3.67. The summed E-state index contributed by atoms with van der Waals surface area (Å²) in [5, 5.41) is 8.99. The molecule has 0 radical (unpaired) electrons. The third-order valence-corrected chi connectivity index (χ3v) is 7.09. The smallest absolute Gasteiger partial charge is 0.207 e. The molecule has 0 N–H and O–H groups in total. The summed E-state index contributed by atoms with van der Waals surface area (Å²) in [7, 11) is -3.39. The first-order valence-electron chi connectivity index (χ1n) is 8.22. The molecule has 4 rings (SSSR count). The topological polar surface area (TPSA) is 61.2 Å². The lowest BCUT2D eigenvalue weighted by Gasteiger charge is -2.43. The Bertz CT molecular complexity index is 913. The zero-order valence-electron chi connectivity index (χ0n) is 13.2. The quantitative estimate of drug-likeness (QED) is 0.862. The summed E-state index contributed by atoms with van der Waals surface area (Å²) < 4.78 is 27.2. The summed E-state index contributed by atoms with van der Waals surface area (Å²) >= 11 is 0. The molecule has 2 aromatic rings. The van der Waals surface area contributed by atoms with Crippen LogP contribution in [-0.4, -0.2) is 25.3 Å². The van der Waals surface area contributed by atoms with Crippen LogP contribution in [0.4, 0.5) is 0 Å². The molecule has 1 aliphatic carbocycles. The van der Waals surface area contributed by atoms with Crippen molar-refractivity contribution >= 4 is 10.0 Å². The minimum atomic E-state index is -3.39. The minimum absolute atomic E-state index is 0.210. The minimum Gasteiger partial charge on any atom is -0.207 e. The van der Waals surface area contributed by atoms with Gasteiger partial charge in [0.1, 0.15) is 0 Å². The van der Waals surface area contributed by atoms with Gasteiger partial charge in [0.15, 0.2) is 0 Å². The van der Waals surface area contributed by atoms with Crippen molar-refractivity contribution in [2.75, 3.05) is 6.54 Å². The van der Waals surface area contributed by atoms with E-state index in [1.165, 1.54) is 0 Å². The highest BCUT2D eigenvalue weighted by atomic mass is 32.2. The predicted molar refractivity (Wildman–Crippen MR) is 91.6 cm³/mol. The molecule has 5 heteroatoms. The van der Waals surface area contributed by atoms with E-state index in [0.717, 1.165) is 30.4 Å². The molecule has 1 heterocycles. The van der Waals surface area contributed by atoms with Crippen LogP contribution in [0.1, 0.15) is 24.8 Å². The molecule has 2 aromatic carbocycles. The molecule has 0 spiro atoms. The number of nitrogens with zero attached hydrogens (tertiary/aromatic N) is 2. The molecule has 2 atom stereocenters. The molecule has 24 heavy (non-hydrogen) atoms. The third-order valence-electron chi connectivity index (χ3n) is 5.19. The summed E-state index contributed by atoms with van der Waals surface area (Å²) in [6, 6.07) is 16.6. The molecule has 0 amide bonds. The van der Waals surface area contributed by atoms with E-state index in [0.29, 0.717) is 22.9 Å². The van der Waals surface area contributed by atoms with Crippen LogP contribution < -0.4 is 0 Å². The number of fused-ring (bicyclic) bond motifs is 1. The van der Waals surface area contributed by atoms with Gasteiger partial charge >= 0.3 is 0 Å². The highest BCUT2D eigenvalue weighted by molar-refractivity contribution is 7.89. The van der Waals surface area contributed by atoms with Gasteiger partial charge in [0.05, 0.1) is 16.5 Å². The first-order valence-corrected chi connectivity index (χ1v) is 9.66. The number of hydrogen-bond donors (Lipinski definition) is 0. The monoisotopic (exact) mass is 338 g/mol. The van der Waals surface area contributed by atoms with Crippen LogP contribution in [0.5, 0.6) is 0 Å². The van der Waals surface area contributed by atoms with E-state index >= 15 is 0 Å². The van der Waals surface area contributed by atoms with Crippen LogP contribution in [0.25, 0.3) is 11.1 Å². The molecule has 0 unspecified atom stereocenters. The third kappa shape index (κ3) is 2.43. The van der Waals surface area contributed by atoms with Crippen LogP contribution >= 0.6 is 0 Å². The first-order chi connectivity index (χ1) is 11.6. The fourth-order valence-electron chi connectivity index (χ4n) is 3.84. The Hall–Kier alpha value is -2.16. The van der Waals surface area contributed by atoms with Gasteiger partial charge in [0, 0.05) is 12.6 Å². The van der Waals surface area contributed by atoms with Crippen LogP contribution in [0.2, 0.25) is 0 Å². The van der Waals surface area contributed by atoms with Crippen molar-refractivity contribution in [3.05, 3.63) is 54.1 Å². The lowest BCUT2D eigenvalue weighted by Crippen LogP contribution is -2.55. The van der Waals surface area contributed by atoms with Gasteiger partial charge in [-0.25, -0.2) is 8.42 Å². The molecule has 2 aliphatic rings. The second-order valence-electron chi connectivity index (χ2n) is 6.55. The average molecular weight is 338 g/mol. The van der Waals surface area contributed by atoms with Gasteiger partial charge in [-0.1, -0.05) is 30.7 Å². The first kappa shape index (κ1) is 15.4. The molecular formula is C19H18N2O2S. The summed E-state index contributed by atoms with van der Waals surface area (Å²) in [5.74, 6) is 0.563. The molecule has 1 aliphatic heterocycles. The van der Waals surface area contributed by atoms with Gasteiger partial charge in [0.2, 0.25) is 10.0 Å². The van der Waals surface area contributed by atoms with E-state index in [-0.39, 0.29) is 6.04 Å². The molecule has 2 fully saturated rings. The Morgan fingerprint density at radius 3 is 2.54 bits per heavy atom. The van der Waals surface area contributed by atoms with Crippen LogP contribution in [0, 0.1) is 17.2 Å². The maximum absolute atomic E-state index is 12.8. The number of hydrogen-bond acceptors (Lipinski definition) is 3. The van der Waals surface area contributed by atoms with Crippen LogP contribution in [0.3, 0.4) is 0 Å². The highest BCUT2D eigenvalue weighted by Gasteiger charge is 2.48. The number of sulfonamides is 1.